The summed E-state index contributed by atoms with van der Waals surface area (Å²) < 4.78 is 24.4. The predicted octanol–water partition coefficient (Wildman–Crippen LogP) is 1.23. The Morgan fingerprint density at radius 2 is 2.06 bits per heavy atom. The van der Waals surface area contributed by atoms with Gasteiger partial charge in [-0.2, -0.15) is 5.26 Å². The van der Waals surface area contributed by atoms with Crippen molar-refractivity contribution < 1.29 is 8.42 Å². The number of hydrogen-bond donors (Lipinski definition) is 1. The largest absolute Gasteiger partial charge is 0.315 e. The van der Waals surface area contributed by atoms with Gasteiger partial charge in [0.1, 0.15) is 0 Å². The summed E-state index contributed by atoms with van der Waals surface area (Å²) in [7, 11) is -3.10. The molecule has 1 aliphatic heterocycles. The van der Waals surface area contributed by atoms with Crippen molar-refractivity contribution in [1.29, 1.82) is 5.26 Å². The highest BCUT2D eigenvalue weighted by molar-refractivity contribution is 7.91. The first-order valence-corrected chi connectivity index (χ1v) is 7.75. The zero-order chi connectivity index (χ0) is 13.0. The van der Waals surface area contributed by atoms with Crippen molar-refractivity contribution in [2.45, 2.75) is 23.8 Å². The molecule has 2 rings (SSSR count). The normalized spacial score (nSPS) is 20.3. The Bertz CT molecular complexity index is 537. The maximum atomic E-state index is 12.2. The molecule has 1 unspecified atom stereocenters. The standard InChI is InChI=1S/C13H16N2O2S/c14-8-11-3-5-12(6-4-11)10-18(16,17)13-2-1-7-15-9-13/h3-6,13,15H,1-2,7,9-10H2. The zero-order valence-corrected chi connectivity index (χ0v) is 10.9. The number of sulfone groups is 1. The highest BCUT2D eigenvalue weighted by atomic mass is 32.2. The van der Waals surface area contributed by atoms with Crippen LogP contribution in [0.4, 0.5) is 0 Å². The van der Waals surface area contributed by atoms with Crippen LogP contribution in [0.5, 0.6) is 0 Å². The summed E-state index contributed by atoms with van der Waals surface area (Å²) in [6, 6.07) is 8.76. The maximum Gasteiger partial charge on any atom is 0.158 e. The second kappa shape index (κ2) is 5.51. The average molecular weight is 264 g/mol. The van der Waals surface area contributed by atoms with Crippen molar-refractivity contribution in [3.05, 3.63) is 35.4 Å². The van der Waals surface area contributed by atoms with Crippen LogP contribution in [0.1, 0.15) is 24.0 Å². The minimum absolute atomic E-state index is 0.0606. The fourth-order valence-corrected chi connectivity index (χ4v) is 3.94. The van der Waals surface area contributed by atoms with Gasteiger partial charge in [-0.3, -0.25) is 0 Å². The van der Waals surface area contributed by atoms with E-state index in [1.54, 1.807) is 24.3 Å². The number of nitrogens with zero attached hydrogens (tertiary/aromatic N) is 1. The molecule has 1 heterocycles. The number of benzene rings is 1. The van der Waals surface area contributed by atoms with Gasteiger partial charge in [0.05, 0.1) is 22.6 Å². The van der Waals surface area contributed by atoms with E-state index < -0.39 is 9.84 Å². The lowest BCUT2D eigenvalue weighted by Crippen LogP contribution is -2.39. The van der Waals surface area contributed by atoms with Crippen molar-refractivity contribution in [3.63, 3.8) is 0 Å². The molecule has 18 heavy (non-hydrogen) atoms. The van der Waals surface area contributed by atoms with Crippen LogP contribution >= 0.6 is 0 Å². The first kappa shape index (κ1) is 13.1. The molecule has 0 amide bonds. The Kier molecular flexibility index (Phi) is 4.00. The summed E-state index contributed by atoms with van der Waals surface area (Å²) in [6.07, 6.45) is 1.66. The summed E-state index contributed by atoms with van der Waals surface area (Å²) in [4.78, 5) is 0. The molecule has 0 spiro atoms. The summed E-state index contributed by atoms with van der Waals surface area (Å²) in [6.45, 7) is 1.46. The van der Waals surface area contributed by atoms with Crippen LogP contribution in [-0.2, 0) is 15.6 Å². The van der Waals surface area contributed by atoms with Gasteiger partial charge in [-0.15, -0.1) is 0 Å². The third-order valence-corrected chi connectivity index (χ3v) is 5.36. The number of nitriles is 1. The molecule has 1 N–H and O–H groups in total. The van der Waals surface area contributed by atoms with Crippen LogP contribution in [0.2, 0.25) is 0 Å². The van der Waals surface area contributed by atoms with E-state index in [2.05, 4.69) is 5.32 Å². The van der Waals surface area contributed by atoms with Crippen molar-refractivity contribution in [2.75, 3.05) is 13.1 Å². The van der Waals surface area contributed by atoms with Gasteiger partial charge in [0, 0.05) is 6.54 Å². The fourth-order valence-electron chi connectivity index (χ4n) is 2.15. The molecular weight excluding hydrogens is 248 g/mol. The van der Waals surface area contributed by atoms with Gasteiger partial charge in [0.2, 0.25) is 0 Å². The fraction of sp³-hybridized carbons (Fsp3) is 0.462. The molecule has 1 aliphatic rings. The van der Waals surface area contributed by atoms with E-state index in [0.717, 1.165) is 24.9 Å². The van der Waals surface area contributed by atoms with E-state index in [-0.39, 0.29) is 11.0 Å². The average Bonchev–Trinajstić information content (AvgIpc) is 2.40. The van der Waals surface area contributed by atoms with Crippen LogP contribution < -0.4 is 5.32 Å². The van der Waals surface area contributed by atoms with E-state index in [9.17, 15) is 8.42 Å². The molecule has 1 aromatic rings. The lowest BCUT2D eigenvalue weighted by Gasteiger charge is -2.22. The quantitative estimate of drug-likeness (QED) is 0.891. The molecule has 0 aromatic heterocycles. The lowest BCUT2D eigenvalue weighted by molar-refractivity contribution is 0.496. The highest BCUT2D eigenvalue weighted by Crippen LogP contribution is 2.17. The third-order valence-electron chi connectivity index (χ3n) is 3.21. The van der Waals surface area contributed by atoms with Crippen LogP contribution in [0, 0.1) is 11.3 Å². The molecule has 1 saturated heterocycles. The molecular formula is C13H16N2O2S. The van der Waals surface area contributed by atoms with Crippen LogP contribution in [-0.4, -0.2) is 26.8 Å². The summed E-state index contributed by atoms with van der Waals surface area (Å²) in [5, 5.41) is 11.5. The maximum absolute atomic E-state index is 12.2. The molecule has 0 bridgehead atoms. The van der Waals surface area contributed by atoms with Crippen molar-refractivity contribution in [1.82, 2.24) is 5.32 Å². The van der Waals surface area contributed by atoms with Gasteiger partial charge in [0.25, 0.3) is 0 Å². The van der Waals surface area contributed by atoms with E-state index in [0.29, 0.717) is 12.1 Å². The van der Waals surface area contributed by atoms with Crippen LogP contribution in [0.25, 0.3) is 0 Å². The van der Waals surface area contributed by atoms with Crippen LogP contribution in [0.15, 0.2) is 24.3 Å². The van der Waals surface area contributed by atoms with E-state index >= 15 is 0 Å². The number of hydrogen-bond acceptors (Lipinski definition) is 4. The molecule has 0 saturated carbocycles. The van der Waals surface area contributed by atoms with Gasteiger partial charge < -0.3 is 5.32 Å². The predicted molar refractivity (Wildman–Crippen MR) is 69.7 cm³/mol. The molecule has 5 heteroatoms. The Balaban J connectivity index is 2.09. The smallest absolute Gasteiger partial charge is 0.158 e. The SMILES string of the molecule is N#Cc1ccc(CS(=O)(=O)C2CCCNC2)cc1. The highest BCUT2D eigenvalue weighted by Gasteiger charge is 2.27. The molecule has 1 aromatic carbocycles. The van der Waals surface area contributed by atoms with Gasteiger partial charge in [-0.1, -0.05) is 12.1 Å². The van der Waals surface area contributed by atoms with E-state index in [1.165, 1.54) is 0 Å². The Morgan fingerprint density at radius 3 is 2.61 bits per heavy atom. The number of rotatable bonds is 3. The van der Waals surface area contributed by atoms with E-state index in [1.807, 2.05) is 6.07 Å². The Hall–Kier alpha value is -1.38. The molecule has 1 fully saturated rings. The second-order valence-corrected chi connectivity index (χ2v) is 6.87. The summed E-state index contributed by atoms with van der Waals surface area (Å²) in [5.74, 6) is 0.0606. The third kappa shape index (κ3) is 3.09. The van der Waals surface area contributed by atoms with E-state index in [4.69, 9.17) is 5.26 Å². The van der Waals surface area contributed by atoms with Crippen LogP contribution in [0.3, 0.4) is 0 Å². The number of nitrogens with one attached hydrogen (secondary N) is 1. The zero-order valence-electron chi connectivity index (χ0n) is 10.1. The summed E-state index contributed by atoms with van der Waals surface area (Å²) >= 11 is 0. The molecule has 96 valence electrons. The Morgan fingerprint density at radius 1 is 1.33 bits per heavy atom. The molecule has 0 radical (unpaired) electrons. The van der Waals surface area contributed by atoms with Crippen molar-refractivity contribution in [3.8, 4) is 6.07 Å². The monoisotopic (exact) mass is 264 g/mol. The molecule has 1 atom stereocenters. The first-order valence-electron chi connectivity index (χ1n) is 6.03. The molecule has 4 nitrogen and oxygen atoms in total. The van der Waals surface area contributed by atoms with Gasteiger partial charge in [-0.05, 0) is 37.1 Å². The minimum Gasteiger partial charge on any atom is -0.315 e. The molecule has 0 aliphatic carbocycles. The first-order chi connectivity index (χ1) is 8.62. The van der Waals surface area contributed by atoms with Crippen molar-refractivity contribution >= 4 is 9.84 Å². The van der Waals surface area contributed by atoms with Gasteiger partial charge in [0.15, 0.2) is 9.84 Å². The van der Waals surface area contributed by atoms with Gasteiger partial charge >= 0.3 is 0 Å². The minimum atomic E-state index is -3.10. The number of piperidine rings is 1. The second-order valence-electron chi connectivity index (χ2n) is 4.58. The van der Waals surface area contributed by atoms with Crippen molar-refractivity contribution in [2.24, 2.45) is 0 Å². The van der Waals surface area contributed by atoms with Gasteiger partial charge in [-0.25, -0.2) is 8.42 Å². The summed E-state index contributed by atoms with van der Waals surface area (Å²) in [5.41, 5.74) is 1.30. The topological polar surface area (TPSA) is 70.0 Å². The lowest BCUT2D eigenvalue weighted by atomic mass is 10.2. The Labute approximate surface area is 108 Å².